The molecule has 0 unspecified atom stereocenters. The lowest BCUT2D eigenvalue weighted by molar-refractivity contribution is 0.0772. The molecule has 0 bridgehead atoms. The van der Waals surface area contributed by atoms with E-state index in [0.29, 0.717) is 43.4 Å². The van der Waals surface area contributed by atoms with Crippen LogP contribution in [0.4, 0.5) is 0 Å². The summed E-state index contributed by atoms with van der Waals surface area (Å²) in [7, 11) is 1.75. The second-order valence-corrected chi connectivity index (χ2v) is 6.30. The summed E-state index contributed by atoms with van der Waals surface area (Å²) >= 11 is 3.38. The first kappa shape index (κ1) is 16.6. The number of ether oxygens (including phenoxy) is 3. The minimum Gasteiger partial charge on any atom is -0.492 e. The van der Waals surface area contributed by atoms with Gasteiger partial charge in [-0.15, -0.1) is 0 Å². The lowest BCUT2D eigenvalue weighted by Crippen LogP contribution is -2.31. The van der Waals surface area contributed by atoms with Crippen molar-refractivity contribution in [3.8, 4) is 17.2 Å². The van der Waals surface area contributed by atoms with Gasteiger partial charge in [0, 0.05) is 17.1 Å². The Bertz CT molecular complexity index is 717. The number of hydrogen-bond acceptors (Lipinski definition) is 4. The van der Waals surface area contributed by atoms with Gasteiger partial charge in [-0.1, -0.05) is 15.9 Å². The number of fused-ring (bicyclic) bond motifs is 1. The number of carbonyl (C=O) groups is 1. The van der Waals surface area contributed by atoms with Crippen molar-refractivity contribution < 1.29 is 19.0 Å². The zero-order chi connectivity index (χ0) is 16.9. The molecule has 1 aliphatic heterocycles. The summed E-state index contributed by atoms with van der Waals surface area (Å²) in [4.78, 5) is 14.1. The van der Waals surface area contributed by atoms with Gasteiger partial charge in [-0.25, -0.2) is 0 Å². The van der Waals surface area contributed by atoms with Crippen molar-refractivity contribution in [2.45, 2.75) is 0 Å². The van der Waals surface area contributed by atoms with Crippen LogP contribution in [0.3, 0.4) is 0 Å². The van der Waals surface area contributed by atoms with Gasteiger partial charge in [0.1, 0.15) is 25.6 Å². The van der Waals surface area contributed by atoms with Crippen LogP contribution in [-0.2, 0) is 0 Å². The van der Waals surface area contributed by atoms with E-state index in [0.717, 1.165) is 10.2 Å². The Morgan fingerprint density at radius 2 is 1.83 bits per heavy atom. The highest BCUT2D eigenvalue weighted by atomic mass is 79.9. The monoisotopic (exact) mass is 391 g/mol. The van der Waals surface area contributed by atoms with Crippen LogP contribution in [-0.4, -0.2) is 44.2 Å². The van der Waals surface area contributed by atoms with E-state index in [2.05, 4.69) is 15.9 Å². The Morgan fingerprint density at radius 1 is 1.12 bits per heavy atom. The number of hydrogen-bond donors (Lipinski definition) is 0. The molecule has 6 heteroatoms. The van der Waals surface area contributed by atoms with E-state index in [1.165, 1.54) is 0 Å². The molecular weight excluding hydrogens is 374 g/mol. The molecule has 0 atom stereocenters. The molecule has 126 valence electrons. The number of likely N-dealkylation sites (N-methyl/N-ethyl adjacent to an activating group) is 1. The highest BCUT2D eigenvalue weighted by molar-refractivity contribution is 9.10. The second-order valence-electron chi connectivity index (χ2n) is 5.39. The average molecular weight is 392 g/mol. The van der Waals surface area contributed by atoms with Crippen molar-refractivity contribution in [2.24, 2.45) is 0 Å². The van der Waals surface area contributed by atoms with E-state index < -0.39 is 0 Å². The molecule has 0 saturated carbocycles. The lowest BCUT2D eigenvalue weighted by Gasteiger charge is -2.21. The lowest BCUT2D eigenvalue weighted by atomic mass is 10.1. The van der Waals surface area contributed by atoms with Crippen molar-refractivity contribution in [3.63, 3.8) is 0 Å². The fraction of sp³-hybridized carbons (Fsp3) is 0.278. The summed E-state index contributed by atoms with van der Waals surface area (Å²) in [5, 5.41) is 0. The third-order valence-corrected chi connectivity index (χ3v) is 4.17. The van der Waals surface area contributed by atoms with E-state index in [1.54, 1.807) is 30.1 Å². The van der Waals surface area contributed by atoms with Gasteiger partial charge in [0.2, 0.25) is 0 Å². The highest BCUT2D eigenvalue weighted by Crippen LogP contribution is 2.31. The van der Waals surface area contributed by atoms with Crippen molar-refractivity contribution in [1.82, 2.24) is 4.90 Å². The number of rotatable bonds is 5. The minimum absolute atomic E-state index is 0.0774. The van der Waals surface area contributed by atoms with Crippen LogP contribution in [0.25, 0.3) is 0 Å². The van der Waals surface area contributed by atoms with Crippen LogP contribution in [0.5, 0.6) is 17.2 Å². The molecule has 2 aromatic rings. The molecule has 0 saturated heterocycles. The zero-order valence-corrected chi connectivity index (χ0v) is 14.9. The predicted molar refractivity (Wildman–Crippen MR) is 94.0 cm³/mol. The third-order valence-electron chi connectivity index (χ3n) is 3.64. The van der Waals surface area contributed by atoms with Crippen LogP contribution in [0.1, 0.15) is 10.4 Å². The van der Waals surface area contributed by atoms with Gasteiger partial charge in [0.25, 0.3) is 5.91 Å². The molecule has 1 aliphatic rings. The predicted octanol–water partition coefficient (Wildman–Crippen LogP) is 3.37. The van der Waals surface area contributed by atoms with E-state index in [9.17, 15) is 4.79 Å². The first-order valence-corrected chi connectivity index (χ1v) is 8.46. The number of nitrogens with zero attached hydrogens (tertiary/aromatic N) is 1. The normalized spacial score (nSPS) is 12.6. The van der Waals surface area contributed by atoms with E-state index >= 15 is 0 Å². The first-order chi connectivity index (χ1) is 11.6. The summed E-state index contributed by atoms with van der Waals surface area (Å²) in [6, 6.07) is 12.8. The number of amides is 1. The molecule has 1 heterocycles. The zero-order valence-electron chi connectivity index (χ0n) is 13.3. The fourth-order valence-corrected chi connectivity index (χ4v) is 2.59. The first-order valence-electron chi connectivity index (χ1n) is 7.67. The minimum atomic E-state index is -0.0774. The quantitative estimate of drug-likeness (QED) is 0.783. The maximum Gasteiger partial charge on any atom is 0.253 e. The molecule has 0 N–H and O–H groups in total. The Labute approximate surface area is 149 Å². The summed E-state index contributed by atoms with van der Waals surface area (Å²) in [6.07, 6.45) is 0. The number of halogens is 1. The van der Waals surface area contributed by atoms with Gasteiger partial charge < -0.3 is 19.1 Å². The Kier molecular flexibility index (Phi) is 5.25. The Morgan fingerprint density at radius 3 is 2.58 bits per heavy atom. The molecule has 0 aliphatic carbocycles. The molecule has 5 nitrogen and oxygen atoms in total. The van der Waals surface area contributed by atoms with Crippen LogP contribution < -0.4 is 14.2 Å². The SMILES string of the molecule is CN(CCOc1ccc(Br)cc1)C(=O)c1ccc2c(c1)OCCO2. The van der Waals surface area contributed by atoms with Gasteiger partial charge in [-0.2, -0.15) is 0 Å². The average Bonchev–Trinajstić information content (AvgIpc) is 2.62. The standard InChI is InChI=1S/C18H18BrNO4/c1-20(8-9-22-15-5-3-14(19)4-6-15)18(21)13-2-7-16-17(12-13)24-11-10-23-16/h2-7,12H,8-11H2,1H3. The van der Waals surface area contributed by atoms with Gasteiger partial charge in [0.05, 0.1) is 6.54 Å². The van der Waals surface area contributed by atoms with Crippen LogP contribution in [0, 0.1) is 0 Å². The largest absolute Gasteiger partial charge is 0.492 e. The van der Waals surface area contributed by atoms with Crippen molar-refractivity contribution in [3.05, 3.63) is 52.5 Å². The smallest absolute Gasteiger partial charge is 0.253 e. The third kappa shape index (κ3) is 4.00. The van der Waals surface area contributed by atoms with Crippen molar-refractivity contribution in [2.75, 3.05) is 33.4 Å². The Hall–Kier alpha value is -2.21. The van der Waals surface area contributed by atoms with Crippen LogP contribution in [0.2, 0.25) is 0 Å². The number of benzene rings is 2. The van der Waals surface area contributed by atoms with Gasteiger partial charge >= 0.3 is 0 Å². The van der Waals surface area contributed by atoms with Crippen molar-refractivity contribution in [1.29, 1.82) is 0 Å². The summed E-state index contributed by atoms with van der Waals surface area (Å²) in [6.45, 7) is 1.95. The molecule has 0 spiro atoms. The molecular formula is C18H18BrNO4. The molecule has 24 heavy (non-hydrogen) atoms. The topological polar surface area (TPSA) is 48.0 Å². The maximum atomic E-state index is 12.5. The second kappa shape index (κ2) is 7.57. The summed E-state index contributed by atoms with van der Waals surface area (Å²) < 4.78 is 17.6. The molecule has 1 amide bonds. The number of carbonyl (C=O) groups excluding carboxylic acids is 1. The van der Waals surface area contributed by atoms with E-state index in [4.69, 9.17) is 14.2 Å². The molecule has 0 aromatic heterocycles. The maximum absolute atomic E-state index is 12.5. The molecule has 0 fully saturated rings. The van der Waals surface area contributed by atoms with Gasteiger partial charge in [0.15, 0.2) is 11.5 Å². The van der Waals surface area contributed by atoms with E-state index in [-0.39, 0.29) is 5.91 Å². The summed E-state index contributed by atoms with van der Waals surface area (Å²) in [5.74, 6) is 2.00. The molecule has 0 radical (unpaired) electrons. The van der Waals surface area contributed by atoms with Gasteiger partial charge in [-0.3, -0.25) is 4.79 Å². The molecule has 2 aromatic carbocycles. The Balaban J connectivity index is 1.55. The van der Waals surface area contributed by atoms with Crippen LogP contribution in [0.15, 0.2) is 46.9 Å². The van der Waals surface area contributed by atoms with Crippen LogP contribution >= 0.6 is 15.9 Å². The molecule has 3 rings (SSSR count). The summed E-state index contributed by atoms with van der Waals surface area (Å²) in [5.41, 5.74) is 0.574. The van der Waals surface area contributed by atoms with Crippen molar-refractivity contribution >= 4 is 21.8 Å². The highest BCUT2D eigenvalue weighted by Gasteiger charge is 2.17. The fourth-order valence-electron chi connectivity index (χ4n) is 2.33. The van der Waals surface area contributed by atoms with E-state index in [1.807, 2.05) is 24.3 Å². The van der Waals surface area contributed by atoms with Gasteiger partial charge in [-0.05, 0) is 42.5 Å².